The predicted octanol–water partition coefficient (Wildman–Crippen LogP) is 4.13. The average Bonchev–Trinajstić information content (AvgIpc) is 2.33. The molecule has 0 aliphatic carbocycles. The van der Waals surface area contributed by atoms with Crippen molar-refractivity contribution in [2.45, 2.75) is 6.92 Å². The van der Waals surface area contributed by atoms with Gasteiger partial charge in [0.2, 0.25) is 0 Å². The zero-order valence-electron chi connectivity index (χ0n) is 10.0. The summed E-state index contributed by atoms with van der Waals surface area (Å²) in [6, 6.07) is 8.46. The fraction of sp³-hybridized carbons (Fsp3) is 0.0714. The average molecular weight is 373 g/mol. The molecule has 0 saturated heterocycles. The van der Waals surface area contributed by atoms with Crippen LogP contribution in [0.15, 0.2) is 36.4 Å². The summed E-state index contributed by atoms with van der Waals surface area (Å²) in [5.41, 5.74) is 1.23. The maximum Gasteiger partial charge on any atom is 0.255 e. The van der Waals surface area contributed by atoms with Crippen LogP contribution in [-0.2, 0) is 0 Å². The second-order valence-corrected chi connectivity index (χ2v) is 5.15. The smallest absolute Gasteiger partial charge is 0.255 e. The van der Waals surface area contributed by atoms with E-state index in [9.17, 15) is 13.6 Å². The van der Waals surface area contributed by atoms with E-state index < -0.39 is 17.5 Å². The van der Waals surface area contributed by atoms with Crippen LogP contribution >= 0.6 is 22.6 Å². The minimum atomic E-state index is -0.473. The molecular weight excluding hydrogens is 363 g/mol. The summed E-state index contributed by atoms with van der Waals surface area (Å²) >= 11 is 1.81. The van der Waals surface area contributed by atoms with Crippen molar-refractivity contribution in [3.63, 3.8) is 0 Å². The summed E-state index contributed by atoms with van der Waals surface area (Å²) in [5, 5.41) is 2.57. The Hall–Kier alpha value is -1.50. The third-order valence-electron chi connectivity index (χ3n) is 2.50. The topological polar surface area (TPSA) is 29.1 Å². The highest BCUT2D eigenvalue weighted by molar-refractivity contribution is 14.1. The first kappa shape index (κ1) is 13.9. The van der Waals surface area contributed by atoms with Gasteiger partial charge in [-0.15, -0.1) is 0 Å². The van der Waals surface area contributed by atoms with Crippen molar-refractivity contribution >= 4 is 34.2 Å². The molecule has 0 aliphatic heterocycles. The van der Waals surface area contributed by atoms with Crippen LogP contribution in [0.5, 0.6) is 0 Å². The van der Waals surface area contributed by atoms with Crippen LogP contribution in [0.1, 0.15) is 15.9 Å². The minimum Gasteiger partial charge on any atom is -0.321 e. The zero-order chi connectivity index (χ0) is 14.0. The molecule has 0 radical (unpaired) electrons. The molecule has 2 aromatic rings. The van der Waals surface area contributed by atoms with Gasteiger partial charge in [-0.2, -0.15) is 0 Å². The Morgan fingerprint density at radius 2 is 1.95 bits per heavy atom. The molecule has 0 aromatic heterocycles. The van der Waals surface area contributed by atoms with Gasteiger partial charge in [0.25, 0.3) is 5.91 Å². The first-order valence-electron chi connectivity index (χ1n) is 5.50. The number of hydrogen-bond donors (Lipinski definition) is 1. The lowest BCUT2D eigenvalue weighted by Crippen LogP contribution is -2.13. The third kappa shape index (κ3) is 3.28. The molecule has 0 atom stereocenters. The van der Waals surface area contributed by atoms with Crippen molar-refractivity contribution in [2.24, 2.45) is 0 Å². The molecule has 0 bridgehead atoms. The predicted molar refractivity (Wildman–Crippen MR) is 78.2 cm³/mol. The Balaban J connectivity index is 2.28. The Bertz CT molecular complexity index is 623. The van der Waals surface area contributed by atoms with Crippen LogP contribution in [0.25, 0.3) is 0 Å². The molecular formula is C14H10F2INO. The van der Waals surface area contributed by atoms with Crippen molar-refractivity contribution in [3.05, 3.63) is 62.7 Å². The fourth-order valence-electron chi connectivity index (χ4n) is 1.66. The van der Waals surface area contributed by atoms with Gasteiger partial charge in [0.1, 0.15) is 11.6 Å². The minimum absolute atomic E-state index is 0.206. The summed E-state index contributed by atoms with van der Waals surface area (Å²) in [6.07, 6.45) is 0. The van der Waals surface area contributed by atoms with Gasteiger partial charge in [0, 0.05) is 5.56 Å². The van der Waals surface area contributed by atoms with Gasteiger partial charge in [-0.25, -0.2) is 8.78 Å². The molecule has 0 heterocycles. The summed E-state index contributed by atoms with van der Waals surface area (Å²) in [6.45, 7) is 1.70. The first-order valence-corrected chi connectivity index (χ1v) is 6.58. The molecule has 0 spiro atoms. The molecule has 98 valence electrons. The van der Waals surface area contributed by atoms with Crippen LogP contribution in [0, 0.1) is 22.1 Å². The van der Waals surface area contributed by atoms with Crippen LogP contribution in [0.3, 0.4) is 0 Å². The van der Waals surface area contributed by atoms with E-state index >= 15 is 0 Å². The van der Waals surface area contributed by atoms with Crippen LogP contribution in [0.2, 0.25) is 0 Å². The lowest BCUT2D eigenvalue weighted by atomic mass is 10.1. The third-order valence-corrected chi connectivity index (χ3v) is 3.60. The van der Waals surface area contributed by atoms with E-state index in [1.807, 2.05) is 22.6 Å². The normalized spacial score (nSPS) is 10.3. The Kier molecular flexibility index (Phi) is 4.14. The van der Waals surface area contributed by atoms with Gasteiger partial charge in [0.05, 0.1) is 9.26 Å². The van der Waals surface area contributed by atoms with E-state index in [4.69, 9.17) is 0 Å². The number of carbonyl (C=O) groups excluding carboxylic acids is 1. The highest BCUT2D eigenvalue weighted by atomic mass is 127. The molecule has 0 fully saturated rings. The fourth-order valence-corrected chi connectivity index (χ4v) is 2.16. The highest BCUT2D eigenvalue weighted by Gasteiger charge is 2.11. The standard InChI is InChI=1S/C14H10F2INO/c1-8-5-9(7-10(15)6-8)14(19)18-12-4-2-3-11(16)13(12)17/h2-7H,1H3,(H,18,19). The molecule has 5 heteroatoms. The van der Waals surface area contributed by atoms with Gasteiger partial charge < -0.3 is 5.32 Å². The number of anilines is 1. The van der Waals surface area contributed by atoms with E-state index in [2.05, 4.69) is 5.32 Å². The van der Waals surface area contributed by atoms with Crippen LogP contribution in [-0.4, -0.2) is 5.91 Å². The summed E-state index contributed by atoms with van der Waals surface area (Å²) < 4.78 is 26.9. The number of halogens is 3. The quantitative estimate of drug-likeness (QED) is 0.789. The monoisotopic (exact) mass is 373 g/mol. The second-order valence-electron chi connectivity index (χ2n) is 4.07. The van der Waals surface area contributed by atoms with Gasteiger partial charge in [-0.05, 0) is 65.4 Å². The number of hydrogen-bond acceptors (Lipinski definition) is 1. The van der Waals surface area contributed by atoms with Crippen molar-refractivity contribution in [2.75, 3.05) is 5.32 Å². The summed E-state index contributed by atoms with van der Waals surface area (Å²) in [4.78, 5) is 12.0. The molecule has 0 unspecified atom stereocenters. The Morgan fingerprint density at radius 3 is 2.63 bits per heavy atom. The van der Waals surface area contributed by atoms with Gasteiger partial charge in [0.15, 0.2) is 0 Å². The molecule has 1 N–H and O–H groups in total. The van der Waals surface area contributed by atoms with Gasteiger partial charge in [-0.1, -0.05) is 6.07 Å². The van der Waals surface area contributed by atoms with E-state index in [0.29, 0.717) is 14.8 Å². The molecule has 1 amide bonds. The summed E-state index contributed by atoms with van der Waals surface area (Å²) in [7, 11) is 0. The van der Waals surface area contributed by atoms with E-state index in [1.165, 1.54) is 18.2 Å². The summed E-state index contributed by atoms with van der Waals surface area (Å²) in [5.74, 6) is -1.35. The van der Waals surface area contributed by atoms with Crippen LogP contribution < -0.4 is 5.32 Å². The Labute approximate surface area is 123 Å². The first-order chi connectivity index (χ1) is 8.97. The lowest BCUT2D eigenvalue weighted by Gasteiger charge is -2.08. The molecule has 2 aromatic carbocycles. The number of benzene rings is 2. The lowest BCUT2D eigenvalue weighted by molar-refractivity contribution is 0.102. The number of carbonyl (C=O) groups is 1. The molecule has 0 aliphatic rings. The van der Waals surface area contributed by atoms with E-state index in [1.54, 1.807) is 19.1 Å². The molecule has 2 nitrogen and oxygen atoms in total. The van der Waals surface area contributed by atoms with Gasteiger partial charge >= 0.3 is 0 Å². The second kappa shape index (κ2) is 5.64. The van der Waals surface area contributed by atoms with E-state index in [0.717, 1.165) is 6.07 Å². The maximum absolute atomic E-state index is 13.3. The molecule has 0 saturated carbocycles. The maximum atomic E-state index is 13.3. The van der Waals surface area contributed by atoms with E-state index in [-0.39, 0.29) is 5.56 Å². The largest absolute Gasteiger partial charge is 0.321 e. The molecule has 19 heavy (non-hydrogen) atoms. The zero-order valence-corrected chi connectivity index (χ0v) is 12.2. The number of nitrogens with one attached hydrogen (secondary N) is 1. The van der Waals surface area contributed by atoms with Crippen molar-refractivity contribution < 1.29 is 13.6 Å². The molecule has 2 rings (SSSR count). The van der Waals surface area contributed by atoms with Crippen molar-refractivity contribution in [1.29, 1.82) is 0 Å². The number of amides is 1. The van der Waals surface area contributed by atoms with Crippen molar-refractivity contribution in [1.82, 2.24) is 0 Å². The number of aryl methyl sites for hydroxylation is 1. The van der Waals surface area contributed by atoms with Gasteiger partial charge in [-0.3, -0.25) is 4.79 Å². The van der Waals surface area contributed by atoms with Crippen molar-refractivity contribution in [3.8, 4) is 0 Å². The number of rotatable bonds is 2. The highest BCUT2D eigenvalue weighted by Crippen LogP contribution is 2.21. The SMILES string of the molecule is Cc1cc(F)cc(C(=O)Nc2cccc(F)c2I)c1. The van der Waals surface area contributed by atoms with Crippen LogP contribution in [0.4, 0.5) is 14.5 Å². The Morgan fingerprint density at radius 1 is 1.21 bits per heavy atom.